The molecule has 24 heavy (non-hydrogen) atoms. The number of rotatable bonds is 5. The molecule has 0 bridgehead atoms. The molecule has 0 N–H and O–H groups in total. The molecule has 118 valence electrons. The Morgan fingerprint density at radius 3 is 2.21 bits per heavy atom. The number of aromatic nitrogens is 1. The number of para-hydroxylation sites is 1. The van der Waals surface area contributed by atoms with Gasteiger partial charge in [0.25, 0.3) is 5.91 Å². The van der Waals surface area contributed by atoms with Crippen molar-refractivity contribution < 1.29 is 4.79 Å². The van der Waals surface area contributed by atoms with Gasteiger partial charge >= 0.3 is 0 Å². The molecule has 3 heteroatoms. The van der Waals surface area contributed by atoms with Crippen LogP contribution >= 0.6 is 0 Å². The topological polar surface area (TPSA) is 33.2 Å². The molecule has 0 unspecified atom stereocenters. The fourth-order valence-corrected chi connectivity index (χ4v) is 2.39. The smallest absolute Gasteiger partial charge is 0.251 e. The predicted octanol–water partition coefficient (Wildman–Crippen LogP) is 4.33. The maximum absolute atomic E-state index is 12.7. The zero-order valence-corrected chi connectivity index (χ0v) is 13.2. The molecule has 0 spiro atoms. The van der Waals surface area contributed by atoms with Gasteiger partial charge in [-0.15, -0.1) is 0 Å². The van der Waals surface area contributed by atoms with Gasteiger partial charge in [-0.3, -0.25) is 9.78 Å². The third-order valence-corrected chi connectivity index (χ3v) is 3.60. The maximum atomic E-state index is 12.7. The second-order valence-corrected chi connectivity index (χ2v) is 5.33. The molecule has 0 radical (unpaired) electrons. The van der Waals surface area contributed by atoms with Crippen molar-refractivity contribution in [3.8, 4) is 0 Å². The Balaban J connectivity index is 1.84. The number of carbonyl (C=O) groups is 1. The summed E-state index contributed by atoms with van der Waals surface area (Å²) in [6.45, 7) is 0.524. The summed E-state index contributed by atoms with van der Waals surface area (Å²) in [4.78, 5) is 18.7. The Morgan fingerprint density at radius 1 is 0.875 bits per heavy atom. The first-order valence-corrected chi connectivity index (χ1v) is 7.82. The number of amides is 1. The van der Waals surface area contributed by atoms with Crippen molar-refractivity contribution in [1.29, 1.82) is 0 Å². The molecule has 3 rings (SSSR count). The Morgan fingerprint density at radius 2 is 1.54 bits per heavy atom. The molecular formula is C21H18N2O. The van der Waals surface area contributed by atoms with Crippen LogP contribution in [0.1, 0.15) is 11.3 Å². The van der Waals surface area contributed by atoms with Crippen LogP contribution in [0.2, 0.25) is 0 Å². The molecule has 1 amide bonds. The summed E-state index contributed by atoms with van der Waals surface area (Å²) in [6, 6.07) is 25.3. The summed E-state index contributed by atoms with van der Waals surface area (Å²) in [5, 5.41) is 0. The van der Waals surface area contributed by atoms with Crippen LogP contribution in [0, 0.1) is 0 Å². The first-order valence-electron chi connectivity index (χ1n) is 7.82. The molecule has 2 aromatic carbocycles. The van der Waals surface area contributed by atoms with Crippen molar-refractivity contribution in [3.63, 3.8) is 0 Å². The van der Waals surface area contributed by atoms with Gasteiger partial charge < -0.3 is 4.90 Å². The first kappa shape index (κ1) is 15.7. The minimum atomic E-state index is -0.0734. The third kappa shape index (κ3) is 4.17. The Bertz CT molecular complexity index is 799. The van der Waals surface area contributed by atoms with Crippen LogP contribution in [0.25, 0.3) is 6.08 Å². The number of benzene rings is 2. The minimum absolute atomic E-state index is 0.0734. The van der Waals surface area contributed by atoms with E-state index < -0.39 is 0 Å². The second kappa shape index (κ2) is 7.88. The SMILES string of the molecule is O=C(/C=C/c1ccccn1)N(Cc1ccccc1)c1ccccc1. The standard InChI is InChI=1S/C21H18N2O/c24-21(15-14-19-11-7-8-16-22-19)23(20-12-5-2-6-13-20)17-18-9-3-1-4-10-18/h1-16H,17H2/b15-14+. The van der Waals surface area contributed by atoms with Crippen molar-refractivity contribution in [3.05, 3.63) is 102 Å². The second-order valence-electron chi connectivity index (χ2n) is 5.33. The summed E-state index contributed by atoms with van der Waals surface area (Å²) in [6.07, 6.45) is 5.02. The monoisotopic (exact) mass is 314 g/mol. The van der Waals surface area contributed by atoms with E-state index in [0.717, 1.165) is 16.9 Å². The van der Waals surface area contributed by atoms with Crippen LogP contribution in [-0.2, 0) is 11.3 Å². The van der Waals surface area contributed by atoms with Crippen molar-refractivity contribution in [2.24, 2.45) is 0 Å². The molecule has 1 heterocycles. The molecule has 3 aromatic rings. The van der Waals surface area contributed by atoms with Crippen molar-refractivity contribution >= 4 is 17.7 Å². The van der Waals surface area contributed by atoms with E-state index in [-0.39, 0.29) is 5.91 Å². The highest BCUT2D eigenvalue weighted by Crippen LogP contribution is 2.17. The van der Waals surface area contributed by atoms with Crippen LogP contribution in [0.3, 0.4) is 0 Å². The van der Waals surface area contributed by atoms with Gasteiger partial charge in [-0.1, -0.05) is 54.6 Å². The highest BCUT2D eigenvalue weighted by molar-refractivity contribution is 6.03. The Kier molecular flexibility index (Phi) is 5.15. The summed E-state index contributed by atoms with van der Waals surface area (Å²) in [5.74, 6) is -0.0734. The normalized spacial score (nSPS) is 10.7. The van der Waals surface area contributed by atoms with Gasteiger partial charge in [-0.2, -0.15) is 0 Å². The van der Waals surface area contributed by atoms with E-state index in [2.05, 4.69) is 4.98 Å². The molecular weight excluding hydrogens is 296 g/mol. The van der Waals surface area contributed by atoms with Gasteiger partial charge in [0.2, 0.25) is 0 Å². The molecule has 0 aliphatic carbocycles. The lowest BCUT2D eigenvalue weighted by molar-refractivity contribution is -0.114. The zero-order chi connectivity index (χ0) is 16.6. The van der Waals surface area contributed by atoms with Gasteiger partial charge in [0.1, 0.15) is 0 Å². The summed E-state index contributed by atoms with van der Waals surface area (Å²) in [7, 11) is 0. The van der Waals surface area contributed by atoms with Crippen molar-refractivity contribution in [1.82, 2.24) is 4.98 Å². The highest BCUT2D eigenvalue weighted by Gasteiger charge is 2.13. The molecule has 0 fully saturated rings. The van der Waals surface area contributed by atoms with Gasteiger partial charge in [-0.05, 0) is 35.9 Å². The van der Waals surface area contributed by atoms with Gasteiger partial charge in [0.05, 0.1) is 12.2 Å². The molecule has 3 nitrogen and oxygen atoms in total. The van der Waals surface area contributed by atoms with Crippen molar-refractivity contribution in [2.75, 3.05) is 4.90 Å². The maximum Gasteiger partial charge on any atom is 0.251 e. The van der Waals surface area contributed by atoms with Crippen molar-refractivity contribution in [2.45, 2.75) is 6.54 Å². The predicted molar refractivity (Wildman–Crippen MR) is 97.3 cm³/mol. The van der Waals surface area contributed by atoms with Gasteiger partial charge in [-0.25, -0.2) is 0 Å². The van der Waals surface area contributed by atoms with Gasteiger partial charge in [0, 0.05) is 18.0 Å². The summed E-state index contributed by atoms with van der Waals surface area (Å²) >= 11 is 0. The third-order valence-electron chi connectivity index (χ3n) is 3.60. The quantitative estimate of drug-likeness (QED) is 0.657. The number of nitrogens with zero attached hydrogens (tertiary/aromatic N) is 2. The molecule has 0 saturated heterocycles. The largest absolute Gasteiger partial charge is 0.304 e. The first-order chi connectivity index (χ1) is 11.8. The van der Waals surface area contributed by atoms with E-state index in [4.69, 9.17) is 0 Å². The van der Waals surface area contributed by atoms with Crippen LogP contribution < -0.4 is 4.90 Å². The fourth-order valence-electron chi connectivity index (χ4n) is 2.39. The van der Waals surface area contributed by atoms with Gasteiger partial charge in [0.15, 0.2) is 0 Å². The Labute approximate surface area is 141 Å². The average Bonchev–Trinajstić information content (AvgIpc) is 2.66. The fraction of sp³-hybridized carbons (Fsp3) is 0.0476. The van der Waals surface area contributed by atoms with E-state index in [9.17, 15) is 4.79 Å². The van der Waals surface area contributed by atoms with E-state index in [0.29, 0.717) is 6.54 Å². The summed E-state index contributed by atoms with van der Waals surface area (Å²) in [5.41, 5.74) is 2.72. The molecule has 1 aromatic heterocycles. The molecule has 0 atom stereocenters. The lowest BCUT2D eigenvalue weighted by atomic mass is 10.2. The average molecular weight is 314 g/mol. The number of hydrogen-bond donors (Lipinski definition) is 0. The van der Waals surface area contributed by atoms with E-state index in [1.165, 1.54) is 0 Å². The lowest BCUT2D eigenvalue weighted by Crippen LogP contribution is -2.28. The van der Waals surface area contributed by atoms with Crippen LogP contribution in [0.15, 0.2) is 91.1 Å². The highest BCUT2D eigenvalue weighted by atomic mass is 16.2. The molecule has 0 aliphatic heterocycles. The van der Waals surface area contributed by atoms with Crippen LogP contribution in [-0.4, -0.2) is 10.9 Å². The molecule has 0 aliphatic rings. The molecule has 0 saturated carbocycles. The zero-order valence-electron chi connectivity index (χ0n) is 13.2. The number of anilines is 1. The van der Waals surface area contributed by atoms with E-state index in [1.54, 1.807) is 23.2 Å². The van der Waals surface area contributed by atoms with E-state index >= 15 is 0 Å². The number of hydrogen-bond acceptors (Lipinski definition) is 2. The van der Waals surface area contributed by atoms with Crippen LogP contribution in [0.5, 0.6) is 0 Å². The minimum Gasteiger partial charge on any atom is -0.304 e. The number of pyridine rings is 1. The lowest BCUT2D eigenvalue weighted by Gasteiger charge is -2.21. The van der Waals surface area contributed by atoms with E-state index in [1.807, 2.05) is 78.9 Å². The van der Waals surface area contributed by atoms with Crippen LogP contribution in [0.4, 0.5) is 5.69 Å². The number of carbonyl (C=O) groups excluding carboxylic acids is 1. The summed E-state index contributed by atoms with van der Waals surface area (Å²) < 4.78 is 0. The Hall–Kier alpha value is -3.20.